The molecule has 0 aliphatic carbocycles. The molecule has 0 unspecified atom stereocenters. The minimum absolute atomic E-state index is 0.276. The van der Waals surface area contributed by atoms with Crippen LogP contribution in [0.2, 0.25) is 0 Å². The van der Waals surface area contributed by atoms with E-state index >= 15 is 0 Å². The van der Waals surface area contributed by atoms with Crippen LogP contribution in [-0.4, -0.2) is 40.0 Å². The van der Waals surface area contributed by atoms with E-state index in [9.17, 15) is 9.59 Å². The molecule has 0 fully saturated rings. The number of imidazole rings is 1. The third-order valence-electron chi connectivity index (χ3n) is 3.02. The Morgan fingerprint density at radius 3 is 2.90 bits per heavy atom. The highest BCUT2D eigenvalue weighted by Crippen LogP contribution is 2.06. The van der Waals surface area contributed by atoms with Gasteiger partial charge in [-0.3, -0.25) is 9.78 Å². The number of aromatic amines is 1. The summed E-state index contributed by atoms with van der Waals surface area (Å²) >= 11 is 0. The van der Waals surface area contributed by atoms with E-state index < -0.39 is 12.0 Å². The number of esters is 1. The van der Waals surface area contributed by atoms with E-state index in [2.05, 4.69) is 20.3 Å². The number of nitrogens with one attached hydrogen (secondary N) is 2. The van der Waals surface area contributed by atoms with Gasteiger partial charge >= 0.3 is 5.97 Å². The van der Waals surface area contributed by atoms with Gasteiger partial charge in [0, 0.05) is 30.2 Å². The maximum Gasteiger partial charge on any atom is 0.328 e. The molecule has 7 heteroatoms. The van der Waals surface area contributed by atoms with Gasteiger partial charge in [-0.2, -0.15) is 0 Å². The molecular formula is C14H16N4O3. The molecular weight excluding hydrogens is 272 g/mol. The number of ether oxygens (including phenoxy) is 1. The van der Waals surface area contributed by atoms with Gasteiger partial charge in [-0.05, 0) is 19.1 Å². The van der Waals surface area contributed by atoms with Gasteiger partial charge in [-0.25, -0.2) is 9.78 Å². The fourth-order valence-electron chi connectivity index (χ4n) is 1.91. The van der Waals surface area contributed by atoms with Crippen molar-refractivity contribution >= 4 is 11.9 Å². The van der Waals surface area contributed by atoms with Crippen molar-refractivity contribution in [2.45, 2.75) is 19.4 Å². The fraction of sp³-hybridized carbons (Fsp3) is 0.286. The molecule has 1 atom stereocenters. The number of carbonyl (C=O) groups is 2. The summed E-state index contributed by atoms with van der Waals surface area (Å²) in [6.07, 6.45) is 4.99. The lowest BCUT2D eigenvalue weighted by Gasteiger charge is -2.16. The summed E-state index contributed by atoms with van der Waals surface area (Å²) in [5.41, 5.74) is 1.75. The SMILES string of the molecule is COC(=O)[C@H](Cc1cnc[nH]1)NC(=O)c1cccnc1C. The standard InChI is InChI=1S/C14H16N4O3/c1-9-11(4-3-5-16-9)13(19)18-12(14(20)21-2)6-10-7-15-8-17-10/h3-5,7-8,12H,6H2,1-2H3,(H,15,17)(H,18,19)/t12-/m0/s1. The van der Waals surface area contributed by atoms with Crippen molar-refractivity contribution in [3.63, 3.8) is 0 Å². The molecule has 2 rings (SSSR count). The Bertz CT molecular complexity index is 625. The minimum Gasteiger partial charge on any atom is -0.467 e. The lowest BCUT2D eigenvalue weighted by Crippen LogP contribution is -2.43. The Kier molecular flexibility index (Phi) is 4.65. The number of methoxy groups -OCH3 is 1. The number of aromatic nitrogens is 3. The maximum atomic E-state index is 12.2. The molecule has 2 heterocycles. The first-order chi connectivity index (χ1) is 10.1. The lowest BCUT2D eigenvalue weighted by atomic mass is 10.1. The Morgan fingerprint density at radius 1 is 1.48 bits per heavy atom. The number of aryl methyl sites for hydroxylation is 1. The molecule has 0 saturated heterocycles. The van der Waals surface area contributed by atoms with Crippen molar-refractivity contribution < 1.29 is 14.3 Å². The second kappa shape index (κ2) is 6.65. The van der Waals surface area contributed by atoms with Crippen molar-refractivity contribution in [2.75, 3.05) is 7.11 Å². The van der Waals surface area contributed by atoms with E-state index in [1.807, 2.05) is 0 Å². The predicted octanol–water partition coefficient (Wildman–Crippen LogP) is 0.627. The summed E-state index contributed by atoms with van der Waals surface area (Å²) in [4.78, 5) is 34.9. The van der Waals surface area contributed by atoms with Crippen LogP contribution in [0.1, 0.15) is 21.7 Å². The highest BCUT2D eigenvalue weighted by molar-refractivity contribution is 5.97. The van der Waals surface area contributed by atoms with Gasteiger partial charge in [0.25, 0.3) is 5.91 Å². The molecule has 21 heavy (non-hydrogen) atoms. The zero-order valence-electron chi connectivity index (χ0n) is 11.8. The Balaban J connectivity index is 2.13. The fourth-order valence-corrected chi connectivity index (χ4v) is 1.91. The quantitative estimate of drug-likeness (QED) is 0.786. The van der Waals surface area contributed by atoms with Gasteiger partial charge in [-0.15, -0.1) is 0 Å². The Hall–Kier alpha value is -2.70. The second-order valence-electron chi connectivity index (χ2n) is 4.47. The summed E-state index contributed by atoms with van der Waals surface area (Å²) in [6, 6.07) is 2.54. The van der Waals surface area contributed by atoms with Crippen LogP contribution in [0.15, 0.2) is 30.9 Å². The van der Waals surface area contributed by atoms with E-state index in [0.29, 0.717) is 11.3 Å². The number of hydrogen-bond donors (Lipinski definition) is 2. The normalized spacial score (nSPS) is 11.7. The van der Waals surface area contributed by atoms with Crippen molar-refractivity contribution in [3.05, 3.63) is 47.8 Å². The number of rotatable bonds is 5. The minimum atomic E-state index is -0.789. The van der Waals surface area contributed by atoms with Crippen molar-refractivity contribution in [1.29, 1.82) is 0 Å². The number of pyridine rings is 1. The number of carbonyl (C=O) groups excluding carboxylic acids is 2. The average molecular weight is 288 g/mol. The van der Waals surface area contributed by atoms with Crippen LogP contribution >= 0.6 is 0 Å². The molecule has 1 amide bonds. The van der Waals surface area contributed by atoms with Crippen LogP contribution in [0.4, 0.5) is 0 Å². The van der Waals surface area contributed by atoms with E-state index in [1.54, 1.807) is 31.5 Å². The molecule has 2 N–H and O–H groups in total. The van der Waals surface area contributed by atoms with Crippen molar-refractivity contribution in [3.8, 4) is 0 Å². The highest BCUT2D eigenvalue weighted by atomic mass is 16.5. The Labute approximate surface area is 121 Å². The smallest absolute Gasteiger partial charge is 0.328 e. The lowest BCUT2D eigenvalue weighted by molar-refractivity contribution is -0.142. The molecule has 0 spiro atoms. The number of amides is 1. The summed E-state index contributed by atoms with van der Waals surface area (Å²) in [7, 11) is 1.28. The van der Waals surface area contributed by atoms with E-state index in [4.69, 9.17) is 4.74 Å². The average Bonchev–Trinajstić information content (AvgIpc) is 2.99. The molecule has 0 aliphatic heterocycles. The number of hydrogen-bond acceptors (Lipinski definition) is 5. The van der Waals surface area contributed by atoms with Gasteiger partial charge in [0.1, 0.15) is 6.04 Å². The molecule has 0 saturated carbocycles. The van der Waals surface area contributed by atoms with E-state index in [-0.39, 0.29) is 12.3 Å². The molecule has 2 aromatic heterocycles. The van der Waals surface area contributed by atoms with Gasteiger partial charge in [0.2, 0.25) is 0 Å². The van der Waals surface area contributed by atoms with Gasteiger partial charge in [-0.1, -0.05) is 0 Å². The van der Waals surface area contributed by atoms with Gasteiger partial charge in [0.15, 0.2) is 0 Å². The van der Waals surface area contributed by atoms with Crippen molar-refractivity contribution in [1.82, 2.24) is 20.3 Å². The molecule has 2 aromatic rings. The molecule has 7 nitrogen and oxygen atoms in total. The zero-order chi connectivity index (χ0) is 15.2. The second-order valence-corrected chi connectivity index (χ2v) is 4.47. The first-order valence-corrected chi connectivity index (χ1v) is 6.39. The topological polar surface area (TPSA) is 97.0 Å². The number of H-pyrrole nitrogens is 1. The van der Waals surface area contributed by atoms with E-state index in [1.165, 1.54) is 13.4 Å². The molecule has 0 radical (unpaired) electrons. The molecule has 110 valence electrons. The summed E-state index contributed by atoms with van der Waals surface area (Å²) < 4.78 is 4.72. The van der Waals surface area contributed by atoms with Crippen molar-refractivity contribution in [2.24, 2.45) is 0 Å². The maximum absolute atomic E-state index is 12.2. The zero-order valence-corrected chi connectivity index (χ0v) is 11.8. The highest BCUT2D eigenvalue weighted by Gasteiger charge is 2.23. The third-order valence-corrected chi connectivity index (χ3v) is 3.02. The van der Waals surface area contributed by atoms with Crippen LogP contribution in [0.25, 0.3) is 0 Å². The first kappa shape index (κ1) is 14.7. The van der Waals surface area contributed by atoms with Gasteiger partial charge in [0.05, 0.1) is 19.0 Å². The molecule has 0 aromatic carbocycles. The predicted molar refractivity (Wildman–Crippen MR) is 74.5 cm³/mol. The van der Waals surface area contributed by atoms with Crippen LogP contribution in [0, 0.1) is 6.92 Å². The van der Waals surface area contributed by atoms with Crippen LogP contribution in [0.3, 0.4) is 0 Å². The Morgan fingerprint density at radius 2 is 2.29 bits per heavy atom. The largest absolute Gasteiger partial charge is 0.467 e. The van der Waals surface area contributed by atoms with E-state index in [0.717, 1.165) is 5.69 Å². The number of nitrogens with zero attached hydrogens (tertiary/aromatic N) is 2. The third kappa shape index (κ3) is 3.65. The summed E-state index contributed by atoms with van der Waals surface area (Å²) in [5, 5.41) is 2.66. The first-order valence-electron chi connectivity index (χ1n) is 6.39. The summed E-state index contributed by atoms with van der Waals surface area (Å²) in [6.45, 7) is 1.73. The van der Waals surface area contributed by atoms with Gasteiger partial charge < -0.3 is 15.0 Å². The molecule has 0 aliphatic rings. The summed E-state index contributed by atoms with van der Waals surface area (Å²) in [5.74, 6) is -0.880. The van der Waals surface area contributed by atoms with Crippen LogP contribution < -0.4 is 5.32 Å². The van der Waals surface area contributed by atoms with Crippen LogP contribution in [0.5, 0.6) is 0 Å². The molecule has 0 bridgehead atoms. The van der Waals surface area contributed by atoms with Crippen LogP contribution in [-0.2, 0) is 16.0 Å². The monoisotopic (exact) mass is 288 g/mol.